The molecule has 1 aliphatic heterocycles. The van der Waals surface area contributed by atoms with E-state index in [2.05, 4.69) is 10.5 Å². The molecule has 1 heterocycles. The molecule has 1 amide bonds. The number of rotatable bonds is 5. The highest BCUT2D eigenvalue weighted by atomic mass is 16.6. The molecule has 0 fully saturated rings. The molecule has 4 rings (SSSR count). The summed E-state index contributed by atoms with van der Waals surface area (Å²) in [7, 11) is 0. The third kappa shape index (κ3) is 4.64. The first kappa shape index (κ1) is 19.2. The van der Waals surface area contributed by atoms with Crippen LogP contribution in [0.25, 0.3) is 0 Å². The van der Waals surface area contributed by atoms with Crippen LogP contribution in [0.2, 0.25) is 0 Å². The second kappa shape index (κ2) is 8.91. The molecule has 0 spiro atoms. The molecule has 1 atom stereocenters. The summed E-state index contributed by atoms with van der Waals surface area (Å²) in [6.45, 7) is 0.111. The molecule has 1 aliphatic rings. The van der Waals surface area contributed by atoms with Gasteiger partial charge in [0.1, 0.15) is 12.4 Å². The second-order valence-electron chi connectivity index (χ2n) is 6.42. The van der Waals surface area contributed by atoms with E-state index in [1.54, 1.807) is 66.7 Å². The third-order valence-corrected chi connectivity index (χ3v) is 4.29. The zero-order valence-corrected chi connectivity index (χ0v) is 15.9. The Hall–Kier alpha value is -4.13. The van der Waals surface area contributed by atoms with Gasteiger partial charge in [-0.3, -0.25) is 4.79 Å². The second-order valence-corrected chi connectivity index (χ2v) is 6.42. The van der Waals surface area contributed by atoms with Crippen molar-refractivity contribution in [1.29, 1.82) is 0 Å². The number of para-hydroxylation sites is 2. The summed E-state index contributed by atoms with van der Waals surface area (Å²) in [6, 6.07) is 22.7. The van der Waals surface area contributed by atoms with Gasteiger partial charge in [0.25, 0.3) is 5.91 Å². The fourth-order valence-corrected chi connectivity index (χ4v) is 2.75. The number of ether oxygens (including phenoxy) is 3. The predicted octanol–water partition coefficient (Wildman–Crippen LogP) is 3.20. The van der Waals surface area contributed by atoms with Crippen LogP contribution in [0.1, 0.15) is 15.9 Å². The van der Waals surface area contributed by atoms with Crippen LogP contribution in [0, 0.1) is 0 Å². The fourth-order valence-electron chi connectivity index (χ4n) is 2.75. The summed E-state index contributed by atoms with van der Waals surface area (Å²) in [5.41, 5.74) is 3.64. The maximum absolute atomic E-state index is 12.2. The zero-order chi connectivity index (χ0) is 20.8. The van der Waals surface area contributed by atoms with Crippen LogP contribution in [0.5, 0.6) is 17.2 Å². The molecule has 0 radical (unpaired) electrons. The Morgan fingerprint density at radius 3 is 2.40 bits per heavy atom. The van der Waals surface area contributed by atoms with E-state index in [1.165, 1.54) is 6.21 Å². The minimum absolute atomic E-state index is 0.111. The Balaban J connectivity index is 1.29. The summed E-state index contributed by atoms with van der Waals surface area (Å²) in [5, 5.41) is 3.94. The average Bonchev–Trinajstić information content (AvgIpc) is 2.80. The SMILES string of the molecule is O=C(Oc1ccc(/C=N/NC(=O)C2COc3ccccc3O2)cc1)c1ccccc1. The Bertz CT molecular complexity index is 1060. The summed E-state index contributed by atoms with van der Waals surface area (Å²) < 4.78 is 16.5. The minimum Gasteiger partial charge on any atom is -0.485 e. The van der Waals surface area contributed by atoms with Gasteiger partial charge < -0.3 is 14.2 Å². The van der Waals surface area contributed by atoms with Gasteiger partial charge in [-0.05, 0) is 54.1 Å². The number of esters is 1. The first-order valence-corrected chi connectivity index (χ1v) is 9.28. The van der Waals surface area contributed by atoms with Crippen molar-refractivity contribution in [2.75, 3.05) is 6.61 Å². The molecule has 0 saturated heterocycles. The highest BCUT2D eigenvalue weighted by Gasteiger charge is 2.26. The molecule has 150 valence electrons. The lowest BCUT2D eigenvalue weighted by atomic mass is 10.2. The maximum atomic E-state index is 12.2. The Morgan fingerprint density at radius 2 is 1.63 bits per heavy atom. The monoisotopic (exact) mass is 402 g/mol. The first-order valence-electron chi connectivity index (χ1n) is 9.28. The molecule has 1 unspecified atom stereocenters. The smallest absolute Gasteiger partial charge is 0.343 e. The van der Waals surface area contributed by atoms with Crippen LogP contribution in [0.4, 0.5) is 0 Å². The Labute approximate surface area is 172 Å². The third-order valence-electron chi connectivity index (χ3n) is 4.29. The summed E-state index contributed by atoms with van der Waals surface area (Å²) in [4.78, 5) is 24.3. The molecule has 1 N–H and O–H groups in total. The number of hydrogen-bond donors (Lipinski definition) is 1. The number of benzene rings is 3. The van der Waals surface area contributed by atoms with Crippen molar-refractivity contribution in [2.45, 2.75) is 6.10 Å². The van der Waals surface area contributed by atoms with Gasteiger partial charge in [0.15, 0.2) is 11.5 Å². The molecule has 3 aromatic carbocycles. The Kier molecular flexibility index (Phi) is 5.70. The highest BCUT2D eigenvalue weighted by molar-refractivity contribution is 5.91. The molecule has 0 aliphatic carbocycles. The lowest BCUT2D eigenvalue weighted by molar-refractivity contribution is -0.130. The van der Waals surface area contributed by atoms with Gasteiger partial charge in [0, 0.05) is 0 Å². The molecule has 0 bridgehead atoms. The van der Waals surface area contributed by atoms with E-state index in [1.807, 2.05) is 12.1 Å². The number of carbonyl (C=O) groups is 2. The largest absolute Gasteiger partial charge is 0.485 e. The highest BCUT2D eigenvalue weighted by Crippen LogP contribution is 2.30. The molecule has 0 saturated carbocycles. The lowest BCUT2D eigenvalue weighted by Crippen LogP contribution is -2.42. The van der Waals surface area contributed by atoms with Crippen molar-refractivity contribution < 1.29 is 23.8 Å². The van der Waals surface area contributed by atoms with Gasteiger partial charge in [-0.2, -0.15) is 5.10 Å². The molecule has 30 heavy (non-hydrogen) atoms. The van der Waals surface area contributed by atoms with Gasteiger partial charge in [-0.1, -0.05) is 30.3 Å². The van der Waals surface area contributed by atoms with Crippen molar-refractivity contribution in [3.63, 3.8) is 0 Å². The van der Waals surface area contributed by atoms with Crippen molar-refractivity contribution in [1.82, 2.24) is 5.43 Å². The molecule has 3 aromatic rings. The average molecular weight is 402 g/mol. The number of hydrazone groups is 1. The summed E-state index contributed by atoms with van der Waals surface area (Å²) in [5.74, 6) is 0.706. The van der Waals surface area contributed by atoms with E-state index in [0.29, 0.717) is 22.8 Å². The van der Waals surface area contributed by atoms with Crippen LogP contribution in [0.15, 0.2) is 84.0 Å². The van der Waals surface area contributed by atoms with Crippen molar-refractivity contribution in [3.8, 4) is 17.2 Å². The van der Waals surface area contributed by atoms with Crippen LogP contribution >= 0.6 is 0 Å². The van der Waals surface area contributed by atoms with Gasteiger partial charge >= 0.3 is 5.97 Å². The van der Waals surface area contributed by atoms with Gasteiger partial charge in [0.05, 0.1) is 11.8 Å². The van der Waals surface area contributed by atoms with Crippen molar-refractivity contribution in [3.05, 3.63) is 90.0 Å². The predicted molar refractivity (Wildman–Crippen MR) is 110 cm³/mol. The van der Waals surface area contributed by atoms with Crippen molar-refractivity contribution in [2.24, 2.45) is 5.10 Å². The number of hydrogen-bond acceptors (Lipinski definition) is 6. The standard InChI is InChI=1S/C23H18N2O5/c26-22(21-15-28-19-8-4-5-9-20(19)30-21)25-24-14-16-10-12-18(13-11-16)29-23(27)17-6-2-1-3-7-17/h1-14,21H,15H2,(H,25,26)/b24-14+. The van der Waals surface area contributed by atoms with E-state index in [-0.39, 0.29) is 6.61 Å². The zero-order valence-electron chi connectivity index (χ0n) is 15.9. The van der Waals surface area contributed by atoms with E-state index in [0.717, 1.165) is 5.56 Å². The molecule has 7 heteroatoms. The number of nitrogens with zero attached hydrogens (tertiary/aromatic N) is 1. The van der Waals surface area contributed by atoms with Crippen LogP contribution < -0.4 is 19.6 Å². The number of fused-ring (bicyclic) bond motifs is 1. The van der Waals surface area contributed by atoms with Crippen LogP contribution in [0.3, 0.4) is 0 Å². The lowest BCUT2D eigenvalue weighted by Gasteiger charge is -2.24. The normalized spacial score (nSPS) is 14.9. The van der Waals surface area contributed by atoms with Crippen molar-refractivity contribution >= 4 is 18.1 Å². The van der Waals surface area contributed by atoms with E-state index < -0.39 is 18.0 Å². The maximum Gasteiger partial charge on any atom is 0.343 e. The quantitative estimate of drug-likeness (QED) is 0.307. The molecular weight excluding hydrogens is 384 g/mol. The molecular formula is C23H18N2O5. The van der Waals surface area contributed by atoms with Crippen LogP contribution in [-0.2, 0) is 4.79 Å². The Morgan fingerprint density at radius 1 is 0.933 bits per heavy atom. The number of nitrogens with one attached hydrogen (secondary N) is 1. The first-order chi connectivity index (χ1) is 14.7. The van der Waals surface area contributed by atoms with Gasteiger partial charge in [-0.25, -0.2) is 10.2 Å². The summed E-state index contributed by atoms with van der Waals surface area (Å²) in [6.07, 6.45) is 0.704. The van der Waals surface area contributed by atoms with Gasteiger partial charge in [-0.15, -0.1) is 0 Å². The molecule has 7 nitrogen and oxygen atoms in total. The van der Waals surface area contributed by atoms with Gasteiger partial charge in [0.2, 0.25) is 6.10 Å². The van der Waals surface area contributed by atoms with E-state index in [9.17, 15) is 9.59 Å². The number of amides is 1. The fraction of sp³-hybridized carbons (Fsp3) is 0.0870. The number of carbonyl (C=O) groups excluding carboxylic acids is 2. The minimum atomic E-state index is -0.781. The van der Waals surface area contributed by atoms with E-state index in [4.69, 9.17) is 14.2 Å². The summed E-state index contributed by atoms with van der Waals surface area (Å²) >= 11 is 0. The topological polar surface area (TPSA) is 86.2 Å². The van der Waals surface area contributed by atoms with Crippen LogP contribution in [-0.4, -0.2) is 30.8 Å². The molecule has 0 aromatic heterocycles. The van der Waals surface area contributed by atoms with E-state index >= 15 is 0 Å².